The third kappa shape index (κ3) is 2.98. The third-order valence-electron chi connectivity index (χ3n) is 5.32. The van der Waals surface area contributed by atoms with Crippen molar-refractivity contribution in [1.82, 2.24) is 5.32 Å². The minimum Gasteiger partial charge on any atom is -0.493 e. The highest BCUT2D eigenvalue weighted by Crippen LogP contribution is 2.52. The number of nitrogens with zero attached hydrogens (tertiary/aromatic N) is 1. The Kier molecular flexibility index (Phi) is 4.82. The number of fused-ring (bicyclic) bond motifs is 4. The second-order valence-corrected chi connectivity index (χ2v) is 7.39. The molecule has 29 heavy (non-hydrogen) atoms. The van der Waals surface area contributed by atoms with Crippen LogP contribution in [0.3, 0.4) is 0 Å². The molecule has 0 aromatic heterocycles. The van der Waals surface area contributed by atoms with Gasteiger partial charge in [0.1, 0.15) is 11.7 Å². The molecule has 3 unspecified atom stereocenters. The summed E-state index contributed by atoms with van der Waals surface area (Å²) < 4.78 is 31.2. The van der Waals surface area contributed by atoms with Gasteiger partial charge in [-0.1, -0.05) is 18.2 Å². The van der Waals surface area contributed by atoms with Gasteiger partial charge in [0.25, 0.3) is 0 Å². The van der Waals surface area contributed by atoms with Crippen LogP contribution >= 0.6 is 12.2 Å². The summed E-state index contributed by atoms with van der Waals surface area (Å²) in [5.74, 6) is -0.548. The average molecular weight is 416 g/mol. The molecule has 0 amide bonds. The van der Waals surface area contributed by atoms with Crippen LogP contribution in [0.1, 0.15) is 25.5 Å². The van der Waals surface area contributed by atoms with E-state index in [1.54, 1.807) is 44.1 Å². The predicted octanol–water partition coefficient (Wildman–Crippen LogP) is 3.56. The number of esters is 1. The summed E-state index contributed by atoms with van der Waals surface area (Å²) in [4.78, 5) is 14.6. The molecule has 1 saturated heterocycles. The fourth-order valence-corrected chi connectivity index (χ4v) is 4.54. The Balaban J connectivity index is 1.92. The zero-order valence-corrected chi connectivity index (χ0v) is 17.1. The number of rotatable bonds is 4. The number of hydrogen-bond donors (Lipinski definition) is 1. The van der Waals surface area contributed by atoms with Gasteiger partial charge in [0.15, 0.2) is 16.6 Å². The predicted molar refractivity (Wildman–Crippen MR) is 110 cm³/mol. The second kappa shape index (κ2) is 7.18. The first kappa shape index (κ1) is 19.4. The average Bonchev–Trinajstić information content (AvgIpc) is 2.67. The molecule has 3 atom stereocenters. The van der Waals surface area contributed by atoms with Crippen LogP contribution < -0.4 is 19.7 Å². The van der Waals surface area contributed by atoms with E-state index in [-0.39, 0.29) is 6.61 Å². The summed E-state index contributed by atoms with van der Waals surface area (Å²) in [6.45, 7) is 3.74. The second-order valence-electron chi connectivity index (χ2n) is 7.01. The zero-order valence-electron chi connectivity index (χ0n) is 16.3. The van der Waals surface area contributed by atoms with Crippen LogP contribution in [0.25, 0.3) is 0 Å². The summed E-state index contributed by atoms with van der Waals surface area (Å²) in [6.07, 6.45) is 0. The van der Waals surface area contributed by atoms with Crippen molar-refractivity contribution < 1.29 is 23.4 Å². The fraction of sp³-hybridized carbons (Fsp3) is 0.333. The van der Waals surface area contributed by atoms with Crippen molar-refractivity contribution in [1.29, 1.82) is 0 Å². The van der Waals surface area contributed by atoms with E-state index in [2.05, 4.69) is 5.32 Å². The first-order valence-corrected chi connectivity index (χ1v) is 9.70. The third-order valence-corrected chi connectivity index (χ3v) is 5.62. The van der Waals surface area contributed by atoms with Crippen molar-refractivity contribution in [3.8, 4) is 11.5 Å². The number of methoxy groups -OCH3 is 1. The van der Waals surface area contributed by atoms with Crippen LogP contribution in [0.2, 0.25) is 0 Å². The van der Waals surface area contributed by atoms with E-state index in [4.69, 9.17) is 26.4 Å². The number of carbonyl (C=O) groups is 1. The van der Waals surface area contributed by atoms with Crippen molar-refractivity contribution in [3.63, 3.8) is 0 Å². The van der Waals surface area contributed by atoms with Crippen molar-refractivity contribution >= 4 is 29.0 Å². The number of carbonyl (C=O) groups excluding carboxylic acids is 1. The molecule has 0 spiro atoms. The Bertz CT molecular complexity index is 985. The number of nitrogens with one attached hydrogen (secondary N) is 1. The van der Waals surface area contributed by atoms with Gasteiger partial charge in [0.05, 0.1) is 19.8 Å². The van der Waals surface area contributed by atoms with Crippen molar-refractivity contribution in [3.05, 3.63) is 53.8 Å². The number of anilines is 1. The van der Waals surface area contributed by atoms with Gasteiger partial charge in [-0.3, -0.25) is 9.69 Å². The molecule has 0 radical (unpaired) electrons. The summed E-state index contributed by atoms with van der Waals surface area (Å²) in [6, 6.07) is 11.0. The van der Waals surface area contributed by atoms with Gasteiger partial charge >= 0.3 is 5.97 Å². The van der Waals surface area contributed by atoms with Gasteiger partial charge in [0, 0.05) is 11.3 Å². The molecule has 8 heteroatoms. The Morgan fingerprint density at radius 1 is 1.34 bits per heavy atom. The number of halogens is 1. The maximum absolute atomic E-state index is 14.0. The van der Waals surface area contributed by atoms with Crippen LogP contribution in [0.4, 0.5) is 10.1 Å². The fourth-order valence-electron chi connectivity index (χ4n) is 4.13. The number of thiocarbonyl (C=S) groups is 1. The Morgan fingerprint density at radius 3 is 2.79 bits per heavy atom. The van der Waals surface area contributed by atoms with Crippen LogP contribution in [0, 0.1) is 11.7 Å². The van der Waals surface area contributed by atoms with Gasteiger partial charge in [-0.05, 0) is 50.3 Å². The zero-order chi connectivity index (χ0) is 20.8. The van der Waals surface area contributed by atoms with Crippen molar-refractivity contribution in [2.45, 2.75) is 25.6 Å². The maximum Gasteiger partial charge on any atom is 0.317 e. The monoisotopic (exact) mass is 416 g/mol. The van der Waals surface area contributed by atoms with Gasteiger partial charge < -0.3 is 19.5 Å². The molecular weight excluding hydrogens is 395 g/mol. The summed E-state index contributed by atoms with van der Waals surface area (Å²) in [5, 5.41) is 3.57. The van der Waals surface area contributed by atoms with E-state index in [1.165, 1.54) is 12.1 Å². The highest BCUT2D eigenvalue weighted by molar-refractivity contribution is 7.80. The molecule has 2 heterocycles. The van der Waals surface area contributed by atoms with Crippen LogP contribution in [0.15, 0.2) is 42.5 Å². The molecule has 4 rings (SSSR count). The topological polar surface area (TPSA) is 60.0 Å². The van der Waals surface area contributed by atoms with Crippen molar-refractivity contribution in [2.75, 3.05) is 18.6 Å². The minimum absolute atomic E-state index is 0.230. The largest absolute Gasteiger partial charge is 0.493 e. The quantitative estimate of drug-likeness (QED) is 0.604. The van der Waals surface area contributed by atoms with Gasteiger partial charge in [-0.25, -0.2) is 4.39 Å². The molecule has 0 aliphatic carbocycles. The highest BCUT2D eigenvalue weighted by Gasteiger charge is 2.60. The molecule has 2 aromatic carbocycles. The van der Waals surface area contributed by atoms with E-state index in [0.717, 1.165) is 5.56 Å². The molecule has 6 nitrogen and oxygen atoms in total. The van der Waals surface area contributed by atoms with Crippen LogP contribution in [-0.2, 0) is 9.53 Å². The molecular formula is C21H21FN2O4S. The van der Waals surface area contributed by atoms with E-state index >= 15 is 0 Å². The number of benzene rings is 2. The first-order valence-electron chi connectivity index (χ1n) is 9.29. The lowest BCUT2D eigenvalue weighted by atomic mass is 9.79. The Labute approximate surface area is 173 Å². The van der Waals surface area contributed by atoms with Gasteiger partial charge in [-0.2, -0.15) is 0 Å². The summed E-state index contributed by atoms with van der Waals surface area (Å²) in [5.41, 5.74) is -0.0356. The molecule has 1 N–H and O–H groups in total. The van der Waals surface area contributed by atoms with Crippen molar-refractivity contribution in [2.24, 2.45) is 5.92 Å². The number of ether oxygens (including phenoxy) is 3. The lowest BCUT2D eigenvalue weighted by molar-refractivity contribution is -0.159. The standard InChI is InChI=1S/C21H21FN2O4S/c1-4-27-19(25)16-17-14-9-6-10-15(26-3)18(14)28-21(16,2)24(20(29)23-17)13-8-5-7-12(22)11-13/h5-11,16-17H,4H2,1-3H3,(H,23,29). The van der Waals surface area contributed by atoms with E-state index in [9.17, 15) is 9.18 Å². The Hall–Kier alpha value is -2.87. The minimum atomic E-state index is -1.26. The molecule has 2 bridgehead atoms. The molecule has 0 saturated carbocycles. The maximum atomic E-state index is 14.0. The lowest BCUT2D eigenvalue weighted by Gasteiger charge is -2.55. The van der Waals surface area contributed by atoms with E-state index in [1.807, 2.05) is 12.1 Å². The lowest BCUT2D eigenvalue weighted by Crippen LogP contribution is -2.71. The summed E-state index contributed by atoms with van der Waals surface area (Å²) >= 11 is 5.60. The molecule has 2 aliphatic rings. The number of hydrogen-bond acceptors (Lipinski definition) is 5. The van der Waals surface area contributed by atoms with Crippen LogP contribution in [-0.4, -0.2) is 30.5 Å². The van der Waals surface area contributed by atoms with E-state index in [0.29, 0.717) is 22.3 Å². The highest BCUT2D eigenvalue weighted by atomic mass is 32.1. The Morgan fingerprint density at radius 2 is 2.10 bits per heavy atom. The summed E-state index contributed by atoms with van der Waals surface area (Å²) in [7, 11) is 1.55. The van der Waals surface area contributed by atoms with E-state index < -0.39 is 29.5 Å². The smallest absolute Gasteiger partial charge is 0.317 e. The van der Waals surface area contributed by atoms with Gasteiger partial charge in [0.2, 0.25) is 5.72 Å². The normalized spacial score (nSPS) is 24.8. The first-order chi connectivity index (χ1) is 13.9. The van der Waals surface area contributed by atoms with Gasteiger partial charge in [-0.15, -0.1) is 0 Å². The molecule has 2 aliphatic heterocycles. The molecule has 1 fully saturated rings. The number of para-hydroxylation sites is 1. The SMILES string of the molecule is CCOC(=O)C1C2NC(=S)N(c3cccc(F)c3)C1(C)Oc1c(OC)cccc12. The van der Waals surface area contributed by atoms with Crippen LogP contribution in [0.5, 0.6) is 11.5 Å². The molecule has 152 valence electrons. The molecule has 2 aromatic rings.